The molecule has 0 bridgehead atoms. The minimum absolute atomic E-state index is 0.301. The van der Waals surface area contributed by atoms with E-state index in [9.17, 15) is 4.79 Å². The molecule has 1 saturated carbocycles. The summed E-state index contributed by atoms with van der Waals surface area (Å²) in [6.45, 7) is 2.33. The molecule has 0 aromatic heterocycles. The maximum Gasteiger partial charge on any atom is 0.148 e. The van der Waals surface area contributed by atoms with Crippen molar-refractivity contribution >= 4 is 21.7 Å². The van der Waals surface area contributed by atoms with Crippen molar-refractivity contribution < 1.29 is 9.53 Å². The van der Waals surface area contributed by atoms with Crippen LogP contribution in [0.4, 0.5) is 0 Å². The van der Waals surface area contributed by atoms with Crippen LogP contribution in [-0.2, 0) is 16.0 Å². The second kappa shape index (κ2) is 7.71. The molecule has 1 aliphatic carbocycles. The number of likely N-dealkylation sites (tertiary alicyclic amines) is 1. The standard InChI is InChI=1S/C18H24BrNO2/c19-15-7-5-14(6-8-15)10-12-22-18-4-2-1-3-17(18)20-11-9-16(21)13-20/h5-8,17-18H,1-4,9-13H2/t17-,18-/m1/s1. The Morgan fingerprint density at radius 2 is 1.95 bits per heavy atom. The Hall–Kier alpha value is -0.710. The van der Waals surface area contributed by atoms with Gasteiger partial charge in [0.05, 0.1) is 19.3 Å². The fourth-order valence-corrected chi connectivity index (χ4v) is 3.87. The van der Waals surface area contributed by atoms with Crippen LogP contribution in [0.3, 0.4) is 0 Å². The van der Waals surface area contributed by atoms with Crippen LogP contribution < -0.4 is 0 Å². The Balaban J connectivity index is 1.51. The maximum absolute atomic E-state index is 11.5. The van der Waals surface area contributed by atoms with Gasteiger partial charge < -0.3 is 4.74 Å². The van der Waals surface area contributed by atoms with E-state index < -0.39 is 0 Å². The van der Waals surface area contributed by atoms with Crippen LogP contribution in [0.1, 0.15) is 37.7 Å². The zero-order chi connectivity index (χ0) is 15.4. The van der Waals surface area contributed by atoms with Crippen LogP contribution in [0.2, 0.25) is 0 Å². The number of carbonyl (C=O) groups excluding carboxylic acids is 1. The molecule has 1 aromatic rings. The SMILES string of the molecule is O=C1CCN([C@@H]2CCCC[C@H]2OCCc2ccc(Br)cc2)C1. The number of carbonyl (C=O) groups is 1. The summed E-state index contributed by atoms with van der Waals surface area (Å²) in [7, 11) is 0. The zero-order valence-electron chi connectivity index (χ0n) is 13.0. The molecule has 1 saturated heterocycles. The fraction of sp³-hybridized carbons (Fsp3) is 0.611. The Kier molecular flexibility index (Phi) is 5.66. The first-order valence-corrected chi connectivity index (χ1v) is 9.13. The normalized spacial score (nSPS) is 26.5. The highest BCUT2D eigenvalue weighted by atomic mass is 79.9. The van der Waals surface area contributed by atoms with Crippen molar-refractivity contribution in [2.75, 3.05) is 19.7 Å². The van der Waals surface area contributed by atoms with E-state index in [4.69, 9.17) is 4.74 Å². The first kappa shape index (κ1) is 16.2. The molecular weight excluding hydrogens is 342 g/mol. The van der Waals surface area contributed by atoms with Crippen molar-refractivity contribution in [2.45, 2.75) is 50.7 Å². The molecule has 2 aliphatic rings. The van der Waals surface area contributed by atoms with Crippen LogP contribution in [0.15, 0.2) is 28.7 Å². The minimum Gasteiger partial charge on any atom is -0.376 e. The molecule has 22 heavy (non-hydrogen) atoms. The summed E-state index contributed by atoms with van der Waals surface area (Å²) in [5, 5.41) is 0. The van der Waals surface area contributed by atoms with E-state index >= 15 is 0 Å². The molecule has 3 nitrogen and oxygen atoms in total. The number of rotatable bonds is 5. The van der Waals surface area contributed by atoms with Gasteiger partial charge in [-0.25, -0.2) is 0 Å². The average molecular weight is 366 g/mol. The Bertz CT molecular complexity index is 502. The van der Waals surface area contributed by atoms with E-state index in [2.05, 4.69) is 45.1 Å². The van der Waals surface area contributed by atoms with Crippen molar-refractivity contribution in [1.29, 1.82) is 0 Å². The number of ether oxygens (including phenoxy) is 1. The summed E-state index contributed by atoms with van der Waals surface area (Å²) in [4.78, 5) is 13.9. The van der Waals surface area contributed by atoms with Gasteiger partial charge in [-0.3, -0.25) is 9.69 Å². The van der Waals surface area contributed by atoms with Crippen molar-refractivity contribution in [3.63, 3.8) is 0 Å². The Labute approximate surface area is 141 Å². The quantitative estimate of drug-likeness (QED) is 0.798. The van der Waals surface area contributed by atoms with Gasteiger partial charge in [0.25, 0.3) is 0 Å². The lowest BCUT2D eigenvalue weighted by Gasteiger charge is -2.37. The number of hydrogen-bond acceptors (Lipinski definition) is 3. The highest BCUT2D eigenvalue weighted by Gasteiger charge is 2.34. The number of benzene rings is 1. The summed E-state index contributed by atoms with van der Waals surface area (Å²) in [6.07, 6.45) is 6.81. The van der Waals surface area contributed by atoms with E-state index in [0.717, 1.165) is 36.9 Å². The molecule has 1 aromatic carbocycles. The minimum atomic E-state index is 0.301. The molecule has 0 spiro atoms. The van der Waals surface area contributed by atoms with Gasteiger partial charge in [-0.05, 0) is 37.0 Å². The van der Waals surface area contributed by atoms with E-state index in [0.29, 0.717) is 24.5 Å². The Morgan fingerprint density at radius 3 is 2.68 bits per heavy atom. The first-order chi connectivity index (χ1) is 10.7. The smallest absolute Gasteiger partial charge is 0.148 e. The van der Waals surface area contributed by atoms with Crippen molar-refractivity contribution in [2.24, 2.45) is 0 Å². The van der Waals surface area contributed by atoms with E-state index in [1.54, 1.807) is 0 Å². The summed E-state index contributed by atoms with van der Waals surface area (Å²) in [5.74, 6) is 0.388. The number of ketones is 1. The van der Waals surface area contributed by atoms with Gasteiger partial charge >= 0.3 is 0 Å². The molecule has 3 rings (SSSR count). The maximum atomic E-state index is 11.5. The fourth-order valence-electron chi connectivity index (χ4n) is 3.60. The van der Waals surface area contributed by atoms with Crippen molar-refractivity contribution in [3.05, 3.63) is 34.3 Å². The highest BCUT2D eigenvalue weighted by molar-refractivity contribution is 9.10. The van der Waals surface area contributed by atoms with Crippen LogP contribution in [0.5, 0.6) is 0 Å². The average Bonchev–Trinajstić information content (AvgIpc) is 2.96. The molecule has 1 heterocycles. The second-order valence-corrected chi connectivity index (χ2v) is 7.31. The van der Waals surface area contributed by atoms with Gasteiger partial charge in [0.2, 0.25) is 0 Å². The highest BCUT2D eigenvalue weighted by Crippen LogP contribution is 2.27. The summed E-state index contributed by atoms with van der Waals surface area (Å²) >= 11 is 3.46. The van der Waals surface area contributed by atoms with Gasteiger partial charge in [0, 0.05) is 23.5 Å². The van der Waals surface area contributed by atoms with Crippen molar-refractivity contribution in [3.8, 4) is 0 Å². The second-order valence-electron chi connectivity index (χ2n) is 6.40. The number of halogens is 1. The third kappa shape index (κ3) is 4.18. The predicted octanol–water partition coefficient (Wildman–Crippen LogP) is 3.59. The van der Waals surface area contributed by atoms with Crippen LogP contribution >= 0.6 is 15.9 Å². The van der Waals surface area contributed by atoms with E-state index in [1.807, 2.05) is 0 Å². The lowest BCUT2D eigenvalue weighted by molar-refractivity contribution is -0.117. The molecule has 0 amide bonds. The van der Waals surface area contributed by atoms with E-state index in [-0.39, 0.29) is 0 Å². The molecule has 0 N–H and O–H groups in total. The van der Waals surface area contributed by atoms with Gasteiger partial charge in [-0.2, -0.15) is 0 Å². The summed E-state index contributed by atoms with van der Waals surface area (Å²) in [5.41, 5.74) is 1.31. The van der Waals surface area contributed by atoms with Gasteiger partial charge in [-0.1, -0.05) is 40.9 Å². The first-order valence-electron chi connectivity index (χ1n) is 8.34. The Morgan fingerprint density at radius 1 is 1.18 bits per heavy atom. The molecule has 4 heteroatoms. The topological polar surface area (TPSA) is 29.5 Å². The van der Waals surface area contributed by atoms with Crippen LogP contribution in [-0.4, -0.2) is 42.5 Å². The predicted molar refractivity (Wildman–Crippen MR) is 91.0 cm³/mol. The van der Waals surface area contributed by atoms with Crippen LogP contribution in [0.25, 0.3) is 0 Å². The molecule has 2 fully saturated rings. The summed E-state index contributed by atoms with van der Waals surface area (Å²) in [6, 6.07) is 8.89. The number of hydrogen-bond donors (Lipinski definition) is 0. The molecule has 0 radical (unpaired) electrons. The molecule has 1 aliphatic heterocycles. The van der Waals surface area contributed by atoms with Gasteiger partial charge in [0.15, 0.2) is 0 Å². The number of nitrogens with zero attached hydrogens (tertiary/aromatic N) is 1. The molecule has 0 unspecified atom stereocenters. The van der Waals surface area contributed by atoms with Gasteiger partial charge in [0.1, 0.15) is 5.78 Å². The lowest BCUT2D eigenvalue weighted by atomic mass is 9.91. The summed E-state index contributed by atoms with van der Waals surface area (Å²) < 4.78 is 7.33. The zero-order valence-corrected chi connectivity index (χ0v) is 14.6. The van der Waals surface area contributed by atoms with Crippen LogP contribution in [0, 0.1) is 0 Å². The van der Waals surface area contributed by atoms with Gasteiger partial charge in [-0.15, -0.1) is 0 Å². The largest absolute Gasteiger partial charge is 0.376 e. The molecule has 120 valence electrons. The van der Waals surface area contributed by atoms with E-state index in [1.165, 1.54) is 24.8 Å². The van der Waals surface area contributed by atoms with Crippen molar-refractivity contribution in [1.82, 2.24) is 4.90 Å². The third-order valence-corrected chi connectivity index (χ3v) is 5.36. The monoisotopic (exact) mass is 365 g/mol. The lowest BCUT2D eigenvalue weighted by Crippen LogP contribution is -2.45. The molecule has 2 atom stereocenters. The molecular formula is C18H24BrNO2. The number of Topliss-reactive ketones (excluding diaryl/α,β-unsaturated/α-hetero) is 1. The third-order valence-electron chi connectivity index (χ3n) is 4.83.